The summed E-state index contributed by atoms with van der Waals surface area (Å²) in [5, 5.41) is 3.44. The number of rotatable bonds is 3. The van der Waals surface area contributed by atoms with Gasteiger partial charge < -0.3 is 11.1 Å². The van der Waals surface area contributed by atoms with Crippen molar-refractivity contribution >= 4 is 39.1 Å². The van der Waals surface area contributed by atoms with Gasteiger partial charge in [-0.2, -0.15) is 0 Å². The molecule has 0 aliphatic heterocycles. The average molecular weight is 332 g/mol. The lowest BCUT2D eigenvalue weighted by Crippen LogP contribution is -2.29. The Hall–Kier alpha value is -0.580. The third-order valence-electron chi connectivity index (χ3n) is 3.49. The fraction of sp³-hybridized carbons (Fsp3) is 0.462. The van der Waals surface area contributed by atoms with Crippen LogP contribution in [0.3, 0.4) is 0 Å². The molecule has 0 aromatic heterocycles. The summed E-state index contributed by atoms with van der Waals surface area (Å²) in [6.45, 7) is 0.576. The lowest BCUT2D eigenvalue weighted by atomic mass is 9.95. The number of amides is 1. The number of nitrogens with one attached hydrogen (secondary N) is 1. The molecule has 2 rings (SSSR count). The van der Waals surface area contributed by atoms with E-state index in [9.17, 15) is 4.79 Å². The molecule has 0 heterocycles. The van der Waals surface area contributed by atoms with Gasteiger partial charge in [-0.3, -0.25) is 4.79 Å². The summed E-state index contributed by atoms with van der Waals surface area (Å²) < 4.78 is 0.895. The summed E-state index contributed by atoms with van der Waals surface area (Å²) in [5.41, 5.74) is 6.35. The SMILES string of the molecule is NCC1CCCC1C(=O)Nc1ccc(Br)cc1Cl. The van der Waals surface area contributed by atoms with Crippen LogP contribution in [0.4, 0.5) is 5.69 Å². The van der Waals surface area contributed by atoms with Crippen LogP contribution in [-0.2, 0) is 4.79 Å². The highest BCUT2D eigenvalue weighted by molar-refractivity contribution is 9.10. The van der Waals surface area contributed by atoms with Gasteiger partial charge in [0, 0.05) is 10.4 Å². The molecular weight excluding hydrogens is 316 g/mol. The summed E-state index contributed by atoms with van der Waals surface area (Å²) >= 11 is 9.42. The molecule has 1 aliphatic carbocycles. The van der Waals surface area contributed by atoms with Crippen LogP contribution in [0.15, 0.2) is 22.7 Å². The molecule has 1 aromatic carbocycles. The van der Waals surface area contributed by atoms with Gasteiger partial charge in [0.15, 0.2) is 0 Å². The second-order valence-electron chi connectivity index (χ2n) is 4.65. The molecule has 0 saturated heterocycles. The van der Waals surface area contributed by atoms with Gasteiger partial charge in [-0.25, -0.2) is 0 Å². The van der Waals surface area contributed by atoms with Crippen molar-refractivity contribution in [3.8, 4) is 0 Å². The van der Waals surface area contributed by atoms with Gasteiger partial charge in [-0.15, -0.1) is 0 Å². The summed E-state index contributed by atoms with van der Waals surface area (Å²) in [6, 6.07) is 5.43. The van der Waals surface area contributed by atoms with E-state index in [0.717, 1.165) is 23.7 Å². The predicted molar refractivity (Wildman–Crippen MR) is 77.7 cm³/mol. The minimum absolute atomic E-state index is 0.0229. The highest BCUT2D eigenvalue weighted by Gasteiger charge is 2.32. The van der Waals surface area contributed by atoms with Crippen molar-refractivity contribution in [2.45, 2.75) is 19.3 Å². The lowest BCUT2D eigenvalue weighted by Gasteiger charge is -2.17. The molecule has 0 radical (unpaired) electrons. The van der Waals surface area contributed by atoms with Gasteiger partial charge in [-0.1, -0.05) is 34.0 Å². The minimum atomic E-state index is 0.0229. The largest absolute Gasteiger partial charge is 0.330 e. The van der Waals surface area contributed by atoms with Crippen LogP contribution in [0.1, 0.15) is 19.3 Å². The molecule has 0 spiro atoms. The number of carbonyl (C=O) groups excluding carboxylic acids is 1. The number of anilines is 1. The number of nitrogens with two attached hydrogens (primary N) is 1. The molecule has 0 bridgehead atoms. The smallest absolute Gasteiger partial charge is 0.227 e. The molecule has 1 amide bonds. The Morgan fingerprint density at radius 2 is 2.28 bits per heavy atom. The van der Waals surface area contributed by atoms with Crippen molar-refractivity contribution in [3.05, 3.63) is 27.7 Å². The predicted octanol–water partition coefficient (Wildman–Crippen LogP) is 3.42. The zero-order valence-electron chi connectivity index (χ0n) is 9.96. The Kier molecular flexibility index (Phi) is 4.65. The first kappa shape index (κ1) is 13.8. The van der Waals surface area contributed by atoms with E-state index in [4.69, 9.17) is 17.3 Å². The Balaban J connectivity index is 2.07. The fourth-order valence-electron chi connectivity index (χ4n) is 2.48. The lowest BCUT2D eigenvalue weighted by molar-refractivity contribution is -0.120. The summed E-state index contributed by atoms with van der Waals surface area (Å²) in [4.78, 5) is 12.2. The molecule has 18 heavy (non-hydrogen) atoms. The van der Waals surface area contributed by atoms with E-state index in [1.807, 2.05) is 6.07 Å². The number of halogens is 2. The second kappa shape index (κ2) is 6.04. The van der Waals surface area contributed by atoms with E-state index in [1.165, 1.54) is 0 Å². The number of hydrogen-bond donors (Lipinski definition) is 2. The average Bonchev–Trinajstić information content (AvgIpc) is 2.81. The van der Waals surface area contributed by atoms with Crippen molar-refractivity contribution < 1.29 is 4.79 Å². The topological polar surface area (TPSA) is 55.1 Å². The van der Waals surface area contributed by atoms with Gasteiger partial charge in [0.25, 0.3) is 0 Å². The van der Waals surface area contributed by atoms with E-state index < -0.39 is 0 Å². The summed E-state index contributed by atoms with van der Waals surface area (Å²) in [5.74, 6) is 0.362. The molecule has 3 N–H and O–H groups in total. The van der Waals surface area contributed by atoms with Gasteiger partial charge in [0.2, 0.25) is 5.91 Å². The van der Waals surface area contributed by atoms with Crippen LogP contribution in [-0.4, -0.2) is 12.5 Å². The molecule has 98 valence electrons. The molecule has 1 aliphatic rings. The van der Waals surface area contributed by atoms with Crippen molar-refractivity contribution in [1.82, 2.24) is 0 Å². The molecule has 2 atom stereocenters. The minimum Gasteiger partial charge on any atom is -0.330 e. The fourth-order valence-corrected chi connectivity index (χ4v) is 3.20. The first-order valence-corrected chi connectivity index (χ1v) is 7.25. The number of carbonyl (C=O) groups is 1. The maximum absolute atomic E-state index is 12.2. The maximum atomic E-state index is 12.2. The molecule has 1 aromatic rings. The third kappa shape index (κ3) is 3.05. The zero-order valence-corrected chi connectivity index (χ0v) is 12.3. The second-order valence-corrected chi connectivity index (χ2v) is 5.97. The van der Waals surface area contributed by atoms with Gasteiger partial charge in [-0.05, 0) is 43.5 Å². The van der Waals surface area contributed by atoms with Gasteiger partial charge in [0.1, 0.15) is 0 Å². The first-order chi connectivity index (χ1) is 8.61. The van der Waals surface area contributed by atoms with Crippen LogP contribution < -0.4 is 11.1 Å². The van der Waals surface area contributed by atoms with Crippen molar-refractivity contribution in [3.63, 3.8) is 0 Å². The zero-order chi connectivity index (χ0) is 13.1. The maximum Gasteiger partial charge on any atom is 0.227 e. The quantitative estimate of drug-likeness (QED) is 0.891. The molecule has 1 fully saturated rings. The molecular formula is C13H16BrClN2O. The molecule has 1 saturated carbocycles. The van der Waals surface area contributed by atoms with Crippen molar-refractivity contribution in [1.29, 1.82) is 0 Å². The van der Waals surface area contributed by atoms with E-state index in [0.29, 0.717) is 23.2 Å². The first-order valence-electron chi connectivity index (χ1n) is 6.08. The van der Waals surface area contributed by atoms with E-state index in [1.54, 1.807) is 12.1 Å². The van der Waals surface area contributed by atoms with Crippen LogP contribution in [0, 0.1) is 11.8 Å². The number of hydrogen-bond acceptors (Lipinski definition) is 2. The van der Waals surface area contributed by atoms with E-state index in [2.05, 4.69) is 21.2 Å². The highest BCUT2D eigenvalue weighted by atomic mass is 79.9. The summed E-state index contributed by atoms with van der Waals surface area (Å²) in [7, 11) is 0. The molecule has 3 nitrogen and oxygen atoms in total. The normalized spacial score (nSPS) is 23.1. The number of benzene rings is 1. The van der Waals surface area contributed by atoms with Crippen molar-refractivity contribution in [2.75, 3.05) is 11.9 Å². The molecule has 2 unspecified atom stereocenters. The standard InChI is InChI=1S/C13H16BrClN2O/c14-9-4-5-12(11(15)6-9)17-13(18)10-3-1-2-8(10)7-16/h4-6,8,10H,1-3,7,16H2,(H,17,18). The van der Waals surface area contributed by atoms with E-state index in [-0.39, 0.29) is 11.8 Å². The van der Waals surface area contributed by atoms with Crippen LogP contribution in [0.25, 0.3) is 0 Å². The van der Waals surface area contributed by atoms with E-state index >= 15 is 0 Å². The Morgan fingerprint density at radius 3 is 2.94 bits per heavy atom. The van der Waals surface area contributed by atoms with Crippen LogP contribution >= 0.6 is 27.5 Å². The monoisotopic (exact) mass is 330 g/mol. The summed E-state index contributed by atoms with van der Waals surface area (Å²) in [6.07, 6.45) is 3.04. The van der Waals surface area contributed by atoms with Crippen LogP contribution in [0.2, 0.25) is 5.02 Å². The third-order valence-corrected chi connectivity index (χ3v) is 4.29. The van der Waals surface area contributed by atoms with Crippen LogP contribution in [0.5, 0.6) is 0 Å². The Bertz CT molecular complexity index is 453. The van der Waals surface area contributed by atoms with Gasteiger partial charge >= 0.3 is 0 Å². The Morgan fingerprint density at radius 1 is 1.50 bits per heavy atom. The van der Waals surface area contributed by atoms with Crippen molar-refractivity contribution in [2.24, 2.45) is 17.6 Å². The molecule has 5 heteroatoms. The Labute approximate surface area is 120 Å². The van der Waals surface area contributed by atoms with Gasteiger partial charge in [0.05, 0.1) is 10.7 Å². The highest BCUT2D eigenvalue weighted by Crippen LogP contribution is 2.33.